The van der Waals surface area contributed by atoms with Gasteiger partial charge in [-0.3, -0.25) is 0 Å². The third kappa shape index (κ3) is 4.76. The van der Waals surface area contributed by atoms with Gasteiger partial charge in [-0.05, 0) is 44.4 Å². The average Bonchev–Trinajstić information content (AvgIpc) is 3.15. The molecule has 11 heteroatoms. The minimum Gasteiger partial charge on any atom is -0.347 e. The molecule has 25 heavy (non-hydrogen) atoms. The standard InChI is InChI=1S/C14H16N2O4S2.O2S/c1-9-4-6-10(7-5-9)22(17,18)13-15-12(16-21-13)11-8-19-14(2,3)20-11;1-3-2/h4-7,11H,8H2,1-3H3;/t11-;/m1./s1. The van der Waals surface area contributed by atoms with Crippen LogP contribution in [0.5, 0.6) is 0 Å². The largest absolute Gasteiger partial charge is 0.347 e. The molecule has 1 fully saturated rings. The molecule has 0 saturated carbocycles. The van der Waals surface area contributed by atoms with Crippen LogP contribution in [0.1, 0.15) is 31.3 Å². The first kappa shape index (κ1) is 19.8. The fraction of sp³-hybridized carbons (Fsp3) is 0.429. The van der Waals surface area contributed by atoms with Gasteiger partial charge in [-0.25, -0.2) is 13.4 Å². The summed E-state index contributed by atoms with van der Waals surface area (Å²) in [5.74, 6) is -0.354. The van der Waals surface area contributed by atoms with E-state index >= 15 is 0 Å². The molecule has 0 N–H and O–H groups in total. The monoisotopic (exact) mass is 404 g/mol. The van der Waals surface area contributed by atoms with Gasteiger partial charge in [0.1, 0.15) is 6.10 Å². The Bertz CT molecular complexity index is 870. The molecule has 0 aliphatic carbocycles. The molecule has 0 unspecified atom stereocenters. The summed E-state index contributed by atoms with van der Waals surface area (Å²) < 4.78 is 56.8. The Morgan fingerprint density at radius 3 is 2.36 bits per heavy atom. The molecule has 0 bridgehead atoms. The van der Waals surface area contributed by atoms with Crippen molar-refractivity contribution < 1.29 is 26.3 Å². The first-order chi connectivity index (χ1) is 11.7. The quantitative estimate of drug-likeness (QED) is 0.761. The maximum Gasteiger partial charge on any atom is 0.335 e. The molecular weight excluding hydrogens is 388 g/mol. The predicted octanol–water partition coefficient (Wildman–Crippen LogP) is 1.83. The number of ether oxygens (including phenoxy) is 2. The fourth-order valence-corrected chi connectivity index (χ4v) is 4.26. The highest BCUT2D eigenvalue weighted by Crippen LogP contribution is 2.33. The summed E-state index contributed by atoms with van der Waals surface area (Å²) in [5.41, 5.74) is 0.996. The van der Waals surface area contributed by atoms with E-state index in [9.17, 15) is 8.42 Å². The van der Waals surface area contributed by atoms with Gasteiger partial charge < -0.3 is 9.47 Å². The summed E-state index contributed by atoms with van der Waals surface area (Å²) in [6, 6.07) is 6.66. The fourth-order valence-electron chi connectivity index (χ4n) is 2.09. The molecule has 1 saturated heterocycles. The summed E-state index contributed by atoms with van der Waals surface area (Å²) in [5, 5.41) is 0. The van der Waals surface area contributed by atoms with Crippen molar-refractivity contribution in [1.29, 1.82) is 0 Å². The van der Waals surface area contributed by atoms with Crippen molar-refractivity contribution in [2.45, 2.75) is 41.9 Å². The van der Waals surface area contributed by atoms with Crippen molar-refractivity contribution >= 4 is 32.9 Å². The van der Waals surface area contributed by atoms with Gasteiger partial charge in [0.2, 0.25) is 14.2 Å². The molecule has 2 heterocycles. The topological polar surface area (TPSA) is 113 Å². The van der Waals surface area contributed by atoms with E-state index in [1.807, 2.05) is 6.92 Å². The van der Waals surface area contributed by atoms with Gasteiger partial charge in [-0.15, -0.1) is 0 Å². The minimum absolute atomic E-state index is 0.0281. The second-order valence-electron chi connectivity index (χ2n) is 5.62. The SMILES string of the molecule is Cc1ccc(S(=O)(=O)c2nc([C@H]3COC(C)(C)O3)ns2)cc1.O=S=O. The maximum absolute atomic E-state index is 12.5. The highest BCUT2D eigenvalue weighted by Gasteiger charge is 2.36. The van der Waals surface area contributed by atoms with Crippen LogP contribution in [0.2, 0.25) is 0 Å². The Balaban J connectivity index is 0.000000701. The van der Waals surface area contributed by atoms with Crippen molar-refractivity contribution in [2.24, 2.45) is 0 Å². The van der Waals surface area contributed by atoms with Gasteiger partial charge in [0.15, 0.2) is 11.6 Å². The molecule has 0 amide bonds. The number of aryl methyl sites for hydroxylation is 1. The van der Waals surface area contributed by atoms with E-state index in [1.165, 1.54) is 0 Å². The van der Waals surface area contributed by atoms with Crippen LogP contribution in [0.25, 0.3) is 0 Å². The average molecular weight is 404 g/mol. The third-order valence-corrected chi connectivity index (χ3v) is 6.13. The Morgan fingerprint density at radius 2 is 1.84 bits per heavy atom. The van der Waals surface area contributed by atoms with Crippen LogP contribution < -0.4 is 0 Å². The predicted molar refractivity (Wildman–Crippen MR) is 89.3 cm³/mol. The number of nitrogens with zero attached hydrogens (tertiary/aromatic N) is 2. The Kier molecular flexibility index (Phi) is 6.16. The van der Waals surface area contributed by atoms with Crippen LogP contribution in [-0.4, -0.2) is 38.6 Å². The number of aromatic nitrogens is 2. The highest BCUT2D eigenvalue weighted by atomic mass is 32.2. The van der Waals surface area contributed by atoms with Crippen LogP contribution in [-0.2, 0) is 30.9 Å². The first-order valence-electron chi connectivity index (χ1n) is 7.08. The summed E-state index contributed by atoms with van der Waals surface area (Å²) >= 11 is 0.108. The number of hydrogen-bond acceptors (Lipinski definition) is 9. The van der Waals surface area contributed by atoms with Gasteiger partial charge in [0.25, 0.3) is 0 Å². The second kappa shape index (κ2) is 7.79. The molecule has 136 valence electrons. The summed E-state index contributed by atoms with van der Waals surface area (Å²) in [7, 11) is -3.64. The molecule has 1 aliphatic rings. The van der Waals surface area contributed by atoms with Crippen molar-refractivity contribution in [3.05, 3.63) is 35.7 Å². The molecular formula is C14H16N2O6S3. The molecule has 0 radical (unpaired) electrons. The summed E-state index contributed by atoms with van der Waals surface area (Å²) in [4.78, 5) is 4.36. The molecule has 0 spiro atoms. The first-order valence-corrected chi connectivity index (χ1v) is 10.0. The van der Waals surface area contributed by atoms with Gasteiger partial charge in [0.05, 0.1) is 11.5 Å². The number of sulfone groups is 1. The molecule has 8 nitrogen and oxygen atoms in total. The zero-order chi connectivity index (χ0) is 18.7. The lowest BCUT2D eigenvalue weighted by Crippen LogP contribution is -2.19. The third-order valence-electron chi connectivity index (χ3n) is 3.28. The molecule has 1 atom stereocenters. The Morgan fingerprint density at radius 1 is 1.24 bits per heavy atom. The lowest BCUT2D eigenvalue weighted by atomic mass is 10.2. The van der Waals surface area contributed by atoms with E-state index in [-0.39, 0.29) is 9.24 Å². The van der Waals surface area contributed by atoms with Crippen LogP contribution in [0.3, 0.4) is 0 Å². The van der Waals surface area contributed by atoms with E-state index in [4.69, 9.17) is 17.9 Å². The van der Waals surface area contributed by atoms with E-state index in [2.05, 4.69) is 9.36 Å². The smallest absolute Gasteiger partial charge is 0.335 e. The number of rotatable bonds is 3. The summed E-state index contributed by atoms with van der Waals surface area (Å²) in [6.07, 6.45) is -0.437. The number of hydrogen-bond donors (Lipinski definition) is 0. The Labute approximate surface area is 152 Å². The van der Waals surface area contributed by atoms with Crippen molar-refractivity contribution in [3.63, 3.8) is 0 Å². The summed E-state index contributed by atoms with van der Waals surface area (Å²) in [6.45, 7) is 5.80. The zero-order valence-electron chi connectivity index (χ0n) is 13.7. The lowest BCUT2D eigenvalue weighted by molar-refractivity contribution is -0.139. The van der Waals surface area contributed by atoms with Crippen LogP contribution in [0.4, 0.5) is 0 Å². The van der Waals surface area contributed by atoms with Crippen LogP contribution >= 0.6 is 11.5 Å². The van der Waals surface area contributed by atoms with E-state index < -0.39 is 33.3 Å². The van der Waals surface area contributed by atoms with Gasteiger partial charge in [0, 0.05) is 0 Å². The molecule has 1 aromatic heterocycles. The van der Waals surface area contributed by atoms with Gasteiger partial charge in [-0.2, -0.15) is 12.8 Å². The highest BCUT2D eigenvalue weighted by molar-refractivity contribution is 7.93. The minimum atomic E-state index is -3.64. The maximum atomic E-state index is 12.5. The molecule has 1 aliphatic heterocycles. The van der Waals surface area contributed by atoms with Gasteiger partial charge >= 0.3 is 11.6 Å². The molecule has 1 aromatic carbocycles. The Hall–Kier alpha value is -1.53. The number of benzene rings is 1. The van der Waals surface area contributed by atoms with Crippen molar-refractivity contribution in [2.75, 3.05) is 6.61 Å². The zero-order valence-corrected chi connectivity index (χ0v) is 16.1. The van der Waals surface area contributed by atoms with Crippen molar-refractivity contribution in [3.8, 4) is 0 Å². The second-order valence-corrected chi connectivity index (χ2v) is 8.63. The van der Waals surface area contributed by atoms with E-state index in [1.54, 1.807) is 38.1 Å². The normalized spacial score (nSPS) is 19.1. The molecule has 3 rings (SSSR count). The molecule has 2 aromatic rings. The van der Waals surface area contributed by atoms with Crippen LogP contribution in [0.15, 0.2) is 33.5 Å². The lowest BCUT2D eigenvalue weighted by Gasteiger charge is -2.15. The van der Waals surface area contributed by atoms with E-state index in [0.29, 0.717) is 12.4 Å². The van der Waals surface area contributed by atoms with Crippen molar-refractivity contribution in [1.82, 2.24) is 9.36 Å². The van der Waals surface area contributed by atoms with Crippen LogP contribution in [0, 0.1) is 6.92 Å². The van der Waals surface area contributed by atoms with Gasteiger partial charge in [-0.1, -0.05) is 17.7 Å². The van der Waals surface area contributed by atoms with E-state index in [0.717, 1.165) is 17.1 Å².